The predicted octanol–water partition coefficient (Wildman–Crippen LogP) is 3.72. The fraction of sp³-hybridized carbons (Fsp3) is 0.357. The van der Waals surface area contributed by atoms with E-state index in [0.29, 0.717) is 22.1 Å². The highest BCUT2D eigenvalue weighted by Crippen LogP contribution is 2.47. The largest absolute Gasteiger partial charge is 0.493 e. The van der Waals surface area contributed by atoms with Crippen LogP contribution in [0.4, 0.5) is 5.88 Å². The number of benzene rings is 1. The fourth-order valence-electron chi connectivity index (χ4n) is 2.25. The molecule has 0 atom stereocenters. The number of ether oxygens (including phenoxy) is 2. The molecular formula is C14H17ClN2O3. The summed E-state index contributed by atoms with van der Waals surface area (Å²) in [6.07, 6.45) is 1.55. The zero-order valence-electron chi connectivity index (χ0n) is 11.9. The minimum absolute atomic E-state index is 0.154. The van der Waals surface area contributed by atoms with E-state index in [1.807, 2.05) is 13.8 Å². The fourth-order valence-corrected chi connectivity index (χ4v) is 2.55. The van der Waals surface area contributed by atoms with Gasteiger partial charge in [0.2, 0.25) is 5.88 Å². The molecule has 0 spiro atoms. The molecule has 0 aliphatic rings. The zero-order valence-corrected chi connectivity index (χ0v) is 12.6. The number of anilines is 1. The quantitative estimate of drug-likeness (QED) is 0.931. The summed E-state index contributed by atoms with van der Waals surface area (Å²) in [6.45, 7) is 4.08. The van der Waals surface area contributed by atoms with Crippen molar-refractivity contribution >= 4 is 17.5 Å². The highest BCUT2D eigenvalue weighted by molar-refractivity contribution is 6.34. The maximum Gasteiger partial charge on any atom is 0.230 e. The standard InChI is InChI=1S/C14H17ClN2O3/c1-7(2)11-12(8-6-17-20-14(8)16)9(15)5-10(18-3)13(11)19-4/h5-7H,16H2,1-4H3. The predicted molar refractivity (Wildman–Crippen MR) is 78.6 cm³/mol. The molecule has 2 aromatic rings. The van der Waals surface area contributed by atoms with Crippen LogP contribution in [0.25, 0.3) is 11.1 Å². The Balaban J connectivity index is 2.83. The molecular weight excluding hydrogens is 280 g/mol. The van der Waals surface area contributed by atoms with E-state index in [1.54, 1.807) is 26.5 Å². The maximum absolute atomic E-state index is 6.39. The molecule has 6 heteroatoms. The second-order valence-electron chi connectivity index (χ2n) is 4.64. The Kier molecular flexibility index (Phi) is 4.09. The first-order valence-electron chi connectivity index (χ1n) is 6.16. The van der Waals surface area contributed by atoms with Crippen molar-refractivity contribution in [3.8, 4) is 22.6 Å². The van der Waals surface area contributed by atoms with E-state index in [9.17, 15) is 0 Å². The van der Waals surface area contributed by atoms with E-state index in [2.05, 4.69) is 5.16 Å². The molecule has 0 fully saturated rings. The number of hydrogen-bond acceptors (Lipinski definition) is 5. The van der Waals surface area contributed by atoms with Crippen LogP contribution in [0.1, 0.15) is 25.3 Å². The molecule has 1 aromatic heterocycles. The number of halogens is 1. The van der Waals surface area contributed by atoms with Gasteiger partial charge in [-0.2, -0.15) is 0 Å². The van der Waals surface area contributed by atoms with Crippen LogP contribution in [-0.2, 0) is 0 Å². The van der Waals surface area contributed by atoms with Crippen LogP contribution in [0.3, 0.4) is 0 Å². The van der Waals surface area contributed by atoms with Gasteiger partial charge in [0.1, 0.15) is 0 Å². The van der Waals surface area contributed by atoms with Gasteiger partial charge in [-0.25, -0.2) is 0 Å². The van der Waals surface area contributed by atoms with Crippen LogP contribution < -0.4 is 15.2 Å². The molecule has 2 rings (SSSR count). The molecule has 0 radical (unpaired) electrons. The molecule has 5 nitrogen and oxygen atoms in total. The van der Waals surface area contributed by atoms with Crippen molar-refractivity contribution in [2.24, 2.45) is 0 Å². The van der Waals surface area contributed by atoms with Gasteiger partial charge in [0, 0.05) is 17.2 Å². The second-order valence-corrected chi connectivity index (χ2v) is 5.05. The summed E-state index contributed by atoms with van der Waals surface area (Å²) in [4.78, 5) is 0. The van der Waals surface area contributed by atoms with Crippen molar-refractivity contribution in [2.45, 2.75) is 19.8 Å². The summed E-state index contributed by atoms with van der Waals surface area (Å²) in [5, 5.41) is 4.22. The summed E-state index contributed by atoms with van der Waals surface area (Å²) < 4.78 is 15.8. The van der Waals surface area contributed by atoms with Gasteiger partial charge >= 0.3 is 0 Å². The lowest BCUT2D eigenvalue weighted by molar-refractivity contribution is 0.350. The molecule has 20 heavy (non-hydrogen) atoms. The number of nitrogens with two attached hydrogens (primary N) is 1. The molecule has 1 aromatic carbocycles. The van der Waals surface area contributed by atoms with Gasteiger partial charge in [0.05, 0.1) is 31.0 Å². The van der Waals surface area contributed by atoms with Crippen molar-refractivity contribution in [2.75, 3.05) is 20.0 Å². The lowest BCUT2D eigenvalue weighted by atomic mass is 9.92. The summed E-state index contributed by atoms with van der Waals surface area (Å²) in [7, 11) is 3.17. The summed E-state index contributed by atoms with van der Waals surface area (Å²) in [5.41, 5.74) is 8.14. The van der Waals surface area contributed by atoms with Crippen LogP contribution in [0.15, 0.2) is 16.8 Å². The maximum atomic E-state index is 6.39. The Bertz CT molecular complexity index is 623. The van der Waals surface area contributed by atoms with Crippen LogP contribution in [0.5, 0.6) is 11.5 Å². The molecule has 2 N–H and O–H groups in total. The van der Waals surface area contributed by atoms with Crippen LogP contribution >= 0.6 is 11.6 Å². The average Bonchev–Trinajstić information content (AvgIpc) is 2.83. The van der Waals surface area contributed by atoms with E-state index in [-0.39, 0.29) is 11.8 Å². The summed E-state index contributed by atoms with van der Waals surface area (Å²) >= 11 is 6.39. The lowest BCUT2D eigenvalue weighted by Crippen LogP contribution is -2.02. The normalized spacial score (nSPS) is 10.9. The molecule has 0 aliphatic carbocycles. The van der Waals surface area contributed by atoms with Crippen molar-refractivity contribution < 1.29 is 14.0 Å². The first-order valence-corrected chi connectivity index (χ1v) is 6.53. The van der Waals surface area contributed by atoms with E-state index < -0.39 is 0 Å². The third-order valence-electron chi connectivity index (χ3n) is 3.10. The van der Waals surface area contributed by atoms with Gasteiger partial charge < -0.3 is 19.7 Å². The number of aromatic nitrogens is 1. The van der Waals surface area contributed by atoms with E-state index in [0.717, 1.165) is 11.1 Å². The first-order chi connectivity index (χ1) is 9.51. The Morgan fingerprint density at radius 1 is 1.30 bits per heavy atom. The van der Waals surface area contributed by atoms with Crippen molar-refractivity contribution in [3.63, 3.8) is 0 Å². The zero-order chi connectivity index (χ0) is 14.9. The molecule has 108 valence electrons. The monoisotopic (exact) mass is 296 g/mol. The molecule has 0 unspecified atom stereocenters. The van der Waals surface area contributed by atoms with E-state index in [1.165, 1.54) is 0 Å². The highest BCUT2D eigenvalue weighted by Gasteiger charge is 2.24. The Labute approximate surface area is 122 Å². The number of nitrogens with zero attached hydrogens (tertiary/aromatic N) is 1. The number of methoxy groups -OCH3 is 2. The number of rotatable bonds is 4. The van der Waals surface area contributed by atoms with Crippen molar-refractivity contribution in [1.29, 1.82) is 0 Å². The molecule has 0 amide bonds. The second kappa shape index (κ2) is 5.63. The summed E-state index contributed by atoms with van der Waals surface area (Å²) in [5.74, 6) is 1.60. The smallest absolute Gasteiger partial charge is 0.230 e. The van der Waals surface area contributed by atoms with Gasteiger partial charge in [0.15, 0.2) is 11.5 Å². The van der Waals surface area contributed by atoms with Crippen molar-refractivity contribution in [1.82, 2.24) is 5.16 Å². The number of nitrogen functional groups attached to an aromatic ring is 1. The Hall–Kier alpha value is -1.88. The van der Waals surface area contributed by atoms with Crippen LogP contribution in [-0.4, -0.2) is 19.4 Å². The Morgan fingerprint density at radius 2 is 2.00 bits per heavy atom. The highest BCUT2D eigenvalue weighted by atomic mass is 35.5. The van der Waals surface area contributed by atoms with Gasteiger partial charge in [-0.05, 0) is 5.92 Å². The molecule has 0 saturated heterocycles. The molecule has 0 aliphatic heterocycles. The van der Waals surface area contributed by atoms with Gasteiger partial charge in [-0.1, -0.05) is 30.6 Å². The van der Waals surface area contributed by atoms with E-state index in [4.69, 9.17) is 31.3 Å². The van der Waals surface area contributed by atoms with Gasteiger partial charge in [-0.15, -0.1) is 0 Å². The Morgan fingerprint density at radius 3 is 2.45 bits per heavy atom. The number of hydrogen-bond donors (Lipinski definition) is 1. The molecule has 0 bridgehead atoms. The van der Waals surface area contributed by atoms with E-state index >= 15 is 0 Å². The average molecular weight is 297 g/mol. The summed E-state index contributed by atoms with van der Waals surface area (Å²) in [6, 6.07) is 1.70. The van der Waals surface area contributed by atoms with Crippen LogP contribution in [0, 0.1) is 0 Å². The van der Waals surface area contributed by atoms with Gasteiger partial charge in [-0.3, -0.25) is 0 Å². The topological polar surface area (TPSA) is 70.5 Å². The molecule has 1 heterocycles. The minimum Gasteiger partial charge on any atom is -0.493 e. The third-order valence-corrected chi connectivity index (χ3v) is 3.40. The molecule has 0 saturated carbocycles. The van der Waals surface area contributed by atoms with Crippen LogP contribution in [0.2, 0.25) is 5.02 Å². The third kappa shape index (κ3) is 2.29. The lowest BCUT2D eigenvalue weighted by Gasteiger charge is -2.20. The first kappa shape index (κ1) is 14.5. The SMILES string of the molecule is COc1cc(Cl)c(-c2cnoc2N)c(C(C)C)c1OC. The van der Waals surface area contributed by atoms with Crippen molar-refractivity contribution in [3.05, 3.63) is 22.8 Å². The minimum atomic E-state index is 0.154. The van der Waals surface area contributed by atoms with Gasteiger partial charge in [0.25, 0.3) is 0 Å².